The maximum absolute atomic E-state index is 14.3. The van der Waals surface area contributed by atoms with Gasteiger partial charge in [-0.25, -0.2) is 13.4 Å². The Morgan fingerprint density at radius 2 is 1.74 bits per heavy atom. The van der Waals surface area contributed by atoms with Crippen LogP contribution in [0.25, 0.3) is 0 Å². The van der Waals surface area contributed by atoms with E-state index in [4.69, 9.17) is 22.1 Å². The van der Waals surface area contributed by atoms with Crippen LogP contribution in [0.4, 0.5) is 0 Å². The van der Waals surface area contributed by atoms with Crippen LogP contribution in [0, 0.1) is 0 Å². The summed E-state index contributed by atoms with van der Waals surface area (Å²) in [5.41, 5.74) is 8.24. The number of ether oxygens (including phenoxy) is 1. The molecule has 1 fully saturated rings. The minimum Gasteiger partial charge on any atom is -0.497 e. The number of methoxy groups -OCH3 is 1. The molecule has 0 radical (unpaired) electrons. The minimum atomic E-state index is -4.05. The third-order valence-corrected chi connectivity index (χ3v) is 8.54. The molecule has 9 heteroatoms. The van der Waals surface area contributed by atoms with Crippen molar-refractivity contribution in [2.24, 2.45) is 10.7 Å². The normalized spacial score (nSPS) is 23.7. The van der Waals surface area contributed by atoms with Crippen molar-refractivity contribution in [2.75, 3.05) is 27.7 Å². The summed E-state index contributed by atoms with van der Waals surface area (Å²) in [5, 5.41) is 0.576. The summed E-state index contributed by atoms with van der Waals surface area (Å²) in [4.78, 5) is 4.34. The van der Waals surface area contributed by atoms with Gasteiger partial charge in [-0.3, -0.25) is 0 Å². The van der Waals surface area contributed by atoms with E-state index in [0.29, 0.717) is 17.3 Å². The standard InChI is InChI=1S/C25H28ClN4O3S/c1-28-25(27)30(2)17-23(18-8-5-4-6-9-18)24(19-12-14-20(26)15-13-19)29(30)34(31,32)22-11-7-10-21(16-22)33-3/h4-16,23-24H,17H2,1-3H3,(H2,27,28)/q+1. The summed E-state index contributed by atoms with van der Waals surface area (Å²) in [6, 6.07) is 23.1. The molecule has 34 heavy (non-hydrogen) atoms. The van der Waals surface area contributed by atoms with Crippen LogP contribution in [0.2, 0.25) is 5.02 Å². The molecule has 7 nitrogen and oxygen atoms in total. The lowest BCUT2D eigenvalue weighted by atomic mass is 9.88. The van der Waals surface area contributed by atoms with Gasteiger partial charge in [-0.15, -0.1) is 0 Å². The molecular weight excluding hydrogens is 472 g/mol. The average molecular weight is 500 g/mol. The van der Waals surface area contributed by atoms with Gasteiger partial charge in [0.05, 0.1) is 25.0 Å². The van der Waals surface area contributed by atoms with E-state index < -0.39 is 16.1 Å². The van der Waals surface area contributed by atoms with Gasteiger partial charge >= 0.3 is 5.96 Å². The maximum Gasteiger partial charge on any atom is 0.315 e. The molecule has 4 rings (SSSR count). The van der Waals surface area contributed by atoms with Crippen molar-refractivity contribution < 1.29 is 17.7 Å². The molecule has 2 N–H and O–H groups in total. The highest BCUT2D eigenvalue weighted by molar-refractivity contribution is 7.89. The van der Waals surface area contributed by atoms with Gasteiger partial charge < -0.3 is 10.5 Å². The number of aliphatic imine (C=N–C) groups is 1. The Labute approximate surface area is 205 Å². The molecule has 3 aromatic carbocycles. The average Bonchev–Trinajstić information content (AvgIpc) is 3.19. The fourth-order valence-electron chi connectivity index (χ4n) is 4.67. The fraction of sp³-hybridized carbons (Fsp3) is 0.240. The van der Waals surface area contributed by atoms with Crippen LogP contribution in [-0.4, -0.2) is 51.1 Å². The highest BCUT2D eigenvalue weighted by atomic mass is 35.5. The Balaban J connectivity index is 1.99. The predicted octanol–water partition coefficient (Wildman–Crippen LogP) is 4.18. The van der Waals surface area contributed by atoms with E-state index in [1.807, 2.05) is 42.5 Å². The monoisotopic (exact) mass is 499 g/mol. The molecule has 0 saturated carbocycles. The Hall–Kier alpha value is -2.91. The summed E-state index contributed by atoms with van der Waals surface area (Å²) in [7, 11) is 0.810. The SMILES string of the molecule is CN=C(N)[N+]1(C)CC(c2ccccc2)C(c2ccc(Cl)cc2)N1S(=O)(=O)c1cccc(OC)c1. The quantitative estimate of drug-likeness (QED) is 0.324. The number of sulfonamides is 1. The second-order valence-corrected chi connectivity index (χ2v) is 10.6. The molecule has 1 heterocycles. The molecule has 3 aromatic rings. The lowest BCUT2D eigenvalue weighted by Crippen LogP contribution is -2.62. The van der Waals surface area contributed by atoms with Gasteiger partial charge in [0.15, 0.2) is 0 Å². The molecule has 0 aromatic heterocycles. The van der Waals surface area contributed by atoms with Crippen molar-refractivity contribution in [3.05, 3.63) is 95.0 Å². The number of halogens is 1. The first-order chi connectivity index (χ1) is 16.2. The fourth-order valence-corrected chi connectivity index (χ4v) is 6.72. The van der Waals surface area contributed by atoms with Crippen LogP contribution in [0.1, 0.15) is 23.1 Å². The van der Waals surface area contributed by atoms with Crippen molar-refractivity contribution in [2.45, 2.75) is 16.9 Å². The minimum absolute atomic E-state index is 0.118. The summed E-state index contributed by atoms with van der Waals surface area (Å²) < 4.78 is 35.1. The van der Waals surface area contributed by atoms with Crippen molar-refractivity contribution in [3.8, 4) is 5.75 Å². The third kappa shape index (κ3) is 4.18. The Morgan fingerprint density at radius 1 is 1.06 bits per heavy atom. The Kier molecular flexibility index (Phi) is 6.69. The number of guanidine groups is 1. The first kappa shape index (κ1) is 24.2. The molecule has 0 amide bonds. The largest absolute Gasteiger partial charge is 0.497 e. The first-order valence-electron chi connectivity index (χ1n) is 10.8. The van der Waals surface area contributed by atoms with Crippen LogP contribution in [0.5, 0.6) is 5.75 Å². The molecule has 3 atom stereocenters. The van der Waals surface area contributed by atoms with Crippen LogP contribution < -0.4 is 10.5 Å². The van der Waals surface area contributed by atoms with Gasteiger partial charge in [0, 0.05) is 18.1 Å². The Bertz CT molecular complexity index is 1300. The topological polar surface area (TPSA) is 85.0 Å². The van der Waals surface area contributed by atoms with Crippen molar-refractivity contribution in [1.82, 2.24) is 4.41 Å². The number of quaternary nitrogens is 1. The van der Waals surface area contributed by atoms with Crippen molar-refractivity contribution in [1.29, 1.82) is 0 Å². The number of rotatable bonds is 5. The molecule has 178 valence electrons. The molecule has 1 aliphatic heterocycles. The molecule has 0 spiro atoms. The lowest BCUT2D eigenvalue weighted by molar-refractivity contribution is -0.910. The summed E-state index contributed by atoms with van der Waals surface area (Å²) in [6.45, 7) is 0.406. The van der Waals surface area contributed by atoms with Gasteiger partial charge in [0.25, 0.3) is 10.0 Å². The zero-order chi connectivity index (χ0) is 24.5. The molecule has 0 bridgehead atoms. The van der Waals surface area contributed by atoms with E-state index in [2.05, 4.69) is 4.99 Å². The van der Waals surface area contributed by atoms with E-state index in [9.17, 15) is 8.42 Å². The Morgan fingerprint density at radius 3 is 2.35 bits per heavy atom. The molecular formula is C25H28ClN4O3S+. The third-order valence-electron chi connectivity index (χ3n) is 6.35. The molecule has 0 aliphatic carbocycles. The summed E-state index contributed by atoms with van der Waals surface area (Å²) in [6.07, 6.45) is 0. The zero-order valence-electron chi connectivity index (χ0n) is 19.3. The van der Waals surface area contributed by atoms with Crippen molar-refractivity contribution in [3.63, 3.8) is 0 Å². The van der Waals surface area contributed by atoms with Crippen LogP contribution >= 0.6 is 11.6 Å². The van der Waals surface area contributed by atoms with Gasteiger partial charge in [-0.05, 0) is 39.8 Å². The van der Waals surface area contributed by atoms with Gasteiger partial charge in [-0.2, -0.15) is 4.59 Å². The second kappa shape index (κ2) is 9.38. The lowest BCUT2D eigenvalue weighted by Gasteiger charge is -2.36. The second-order valence-electron chi connectivity index (χ2n) is 8.37. The number of hydrogen-bond donors (Lipinski definition) is 1. The zero-order valence-corrected chi connectivity index (χ0v) is 20.9. The van der Waals surface area contributed by atoms with E-state index in [1.54, 1.807) is 44.4 Å². The molecule has 1 aliphatic rings. The van der Waals surface area contributed by atoms with Crippen LogP contribution in [0.3, 0.4) is 0 Å². The van der Waals surface area contributed by atoms with Crippen molar-refractivity contribution >= 4 is 27.6 Å². The first-order valence-corrected chi connectivity index (χ1v) is 12.6. The number of benzene rings is 3. The van der Waals surface area contributed by atoms with E-state index in [0.717, 1.165) is 11.1 Å². The number of likely N-dealkylation sites (N-methyl/N-ethyl adjacent to an activating group) is 1. The van der Waals surface area contributed by atoms with Gasteiger partial charge in [0.2, 0.25) is 0 Å². The van der Waals surface area contributed by atoms with E-state index in [1.165, 1.54) is 17.6 Å². The maximum atomic E-state index is 14.3. The van der Waals surface area contributed by atoms with E-state index in [-0.39, 0.29) is 21.4 Å². The number of nitrogens with zero attached hydrogens (tertiary/aromatic N) is 3. The smallest absolute Gasteiger partial charge is 0.315 e. The number of hydrogen-bond acceptors (Lipinski definition) is 4. The predicted molar refractivity (Wildman–Crippen MR) is 134 cm³/mol. The van der Waals surface area contributed by atoms with Gasteiger partial charge in [-0.1, -0.05) is 60.1 Å². The molecule has 3 unspecified atom stereocenters. The highest BCUT2D eigenvalue weighted by Crippen LogP contribution is 2.49. The highest BCUT2D eigenvalue weighted by Gasteiger charge is 2.59. The number of nitrogens with two attached hydrogens (primary N) is 1. The van der Waals surface area contributed by atoms with E-state index >= 15 is 0 Å². The van der Waals surface area contributed by atoms with Crippen LogP contribution in [-0.2, 0) is 10.0 Å². The summed E-state index contributed by atoms with van der Waals surface area (Å²) >= 11 is 6.17. The van der Waals surface area contributed by atoms with Gasteiger partial charge in [0.1, 0.15) is 18.3 Å². The molecule has 1 saturated heterocycles. The summed E-state index contributed by atoms with van der Waals surface area (Å²) in [5.74, 6) is 0.464. The van der Waals surface area contributed by atoms with Crippen LogP contribution in [0.15, 0.2) is 88.8 Å².